The smallest absolute Gasteiger partial charge is 0.225 e. The molecule has 0 radical (unpaired) electrons. The Morgan fingerprint density at radius 2 is 1.85 bits per heavy atom. The molecule has 0 amide bonds. The minimum absolute atomic E-state index is 0.00102. The van der Waals surface area contributed by atoms with Crippen LogP contribution >= 0.6 is 11.6 Å². The van der Waals surface area contributed by atoms with Crippen molar-refractivity contribution in [2.24, 2.45) is 0 Å². The van der Waals surface area contributed by atoms with E-state index < -0.39 is 9.84 Å². The van der Waals surface area contributed by atoms with Crippen molar-refractivity contribution in [1.29, 1.82) is 0 Å². The van der Waals surface area contributed by atoms with Crippen molar-refractivity contribution < 1.29 is 8.42 Å². The van der Waals surface area contributed by atoms with Crippen molar-refractivity contribution in [3.63, 3.8) is 0 Å². The topological polar surface area (TPSA) is 97.1 Å². The number of rotatable bonds is 3. The van der Waals surface area contributed by atoms with Crippen LogP contribution in [0.25, 0.3) is 5.69 Å². The summed E-state index contributed by atoms with van der Waals surface area (Å²) in [5.41, 5.74) is 3.07. The molecule has 0 saturated carbocycles. The van der Waals surface area contributed by atoms with E-state index in [-0.39, 0.29) is 23.5 Å². The number of hydrogen-bond donors (Lipinski definition) is 0. The molecule has 0 aliphatic carbocycles. The average molecular weight is 500 g/mol. The van der Waals surface area contributed by atoms with E-state index in [1.165, 1.54) is 0 Å². The van der Waals surface area contributed by atoms with E-state index in [2.05, 4.69) is 34.5 Å². The second-order valence-corrected chi connectivity index (χ2v) is 12.1. The molecule has 0 spiro atoms. The zero-order valence-corrected chi connectivity index (χ0v) is 20.5. The number of halogens is 1. The van der Waals surface area contributed by atoms with E-state index in [4.69, 9.17) is 11.6 Å². The van der Waals surface area contributed by atoms with Crippen molar-refractivity contribution >= 4 is 27.4 Å². The molecule has 0 bridgehead atoms. The molecule has 2 saturated heterocycles. The Morgan fingerprint density at radius 3 is 2.59 bits per heavy atom. The normalized spacial score (nSPS) is 20.9. The van der Waals surface area contributed by atoms with Gasteiger partial charge in [0.05, 0.1) is 23.7 Å². The van der Waals surface area contributed by atoms with Crippen LogP contribution < -0.4 is 4.90 Å². The van der Waals surface area contributed by atoms with Gasteiger partial charge in [0.2, 0.25) is 5.95 Å². The highest BCUT2D eigenvalue weighted by Crippen LogP contribution is 2.35. The van der Waals surface area contributed by atoms with E-state index in [9.17, 15) is 8.42 Å². The fourth-order valence-electron chi connectivity index (χ4n) is 5.25. The van der Waals surface area contributed by atoms with Crippen molar-refractivity contribution in [3.05, 3.63) is 58.4 Å². The average Bonchev–Trinajstić information content (AvgIpc) is 3.13. The summed E-state index contributed by atoms with van der Waals surface area (Å²) in [6, 6.07) is 7.82. The minimum Gasteiger partial charge on any atom is -0.341 e. The first kappa shape index (κ1) is 21.9. The Balaban J connectivity index is 1.30. The number of fused-ring (bicyclic) bond motifs is 3. The summed E-state index contributed by atoms with van der Waals surface area (Å²) in [7, 11) is -2.92. The molecule has 6 rings (SSSR count). The van der Waals surface area contributed by atoms with E-state index >= 15 is 0 Å². The fourth-order valence-corrected chi connectivity index (χ4v) is 6.94. The second-order valence-electron chi connectivity index (χ2n) is 9.48. The van der Waals surface area contributed by atoms with Gasteiger partial charge in [0.1, 0.15) is 5.82 Å². The van der Waals surface area contributed by atoms with Crippen molar-refractivity contribution in [1.82, 2.24) is 29.6 Å². The molecule has 2 aromatic heterocycles. The van der Waals surface area contributed by atoms with Crippen molar-refractivity contribution in [2.75, 3.05) is 29.5 Å². The molecular formula is C23H26ClN7O2S. The Hall–Kier alpha value is -2.56. The summed E-state index contributed by atoms with van der Waals surface area (Å²) in [5, 5.41) is 9.90. The van der Waals surface area contributed by atoms with Crippen LogP contribution in [0.3, 0.4) is 0 Å². The second kappa shape index (κ2) is 8.28. The van der Waals surface area contributed by atoms with E-state index in [1.807, 2.05) is 37.4 Å². The monoisotopic (exact) mass is 499 g/mol. The fraction of sp³-hybridized carbons (Fsp3) is 0.478. The zero-order valence-electron chi connectivity index (χ0n) is 18.9. The lowest BCUT2D eigenvalue weighted by Crippen LogP contribution is -2.52. The predicted octanol–water partition coefficient (Wildman–Crippen LogP) is 2.52. The van der Waals surface area contributed by atoms with Crippen LogP contribution in [0, 0.1) is 6.92 Å². The molecule has 9 nitrogen and oxygen atoms in total. The number of anilines is 1. The summed E-state index contributed by atoms with van der Waals surface area (Å²) >= 11 is 6.35. The maximum atomic E-state index is 11.8. The molecule has 3 aliphatic heterocycles. The first-order chi connectivity index (χ1) is 16.4. The number of hydrogen-bond acceptors (Lipinski definition) is 8. The Bertz CT molecular complexity index is 1340. The number of aryl methyl sites for hydroxylation is 1. The van der Waals surface area contributed by atoms with Gasteiger partial charge < -0.3 is 4.90 Å². The van der Waals surface area contributed by atoms with Gasteiger partial charge in [0.15, 0.2) is 15.7 Å². The molecular weight excluding hydrogens is 474 g/mol. The van der Waals surface area contributed by atoms with Gasteiger partial charge in [-0.2, -0.15) is 0 Å². The molecule has 178 valence electrons. The lowest BCUT2D eigenvalue weighted by Gasteiger charge is -2.35. The van der Waals surface area contributed by atoms with Gasteiger partial charge in [-0.3, -0.25) is 9.47 Å². The first-order valence-corrected chi connectivity index (χ1v) is 13.8. The maximum Gasteiger partial charge on any atom is 0.225 e. The van der Waals surface area contributed by atoms with Crippen LogP contribution in [0.1, 0.15) is 41.7 Å². The molecule has 2 fully saturated rings. The molecule has 1 aromatic carbocycles. The molecule has 0 atom stereocenters. The third-order valence-corrected chi connectivity index (χ3v) is 9.11. The van der Waals surface area contributed by atoms with Crippen LogP contribution in [0.4, 0.5) is 5.95 Å². The van der Waals surface area contributed by atoms with E-state index in [0.717, 1.165) is 60.5 Å². The zero-order chi connectivity index (χ0) is 23.4. The molecule has 5 heterocycles. The summed E-state index contributed by atoms with van der Waals surface area (Å²) in [6.45, 7) is 4.90. The number of sulfone groups is 1. The SMILES string of the molecule is Cc1ccnc(N2CCC(c3nnc4n3-c3ccc(Cl)cc3CN(C3CS(=O)(=O)C3)C4)CC2)n1. The third-order valence-electron chi connectivity index (χ3n) is 7.09. The van der Waals surface area contributed by atoms with Gasteiger partial charge >= 0.3 is 0 Å². The van der Waals surface area contributed by atoms with Gasteiger partial charge in [-0.1, -0.05) is 11.6 Å². The van der Waals surface area contributed by atoms with Crippen LogP contribution in [0.15, 0.2) is 30.5 Å². The van der Waals surface area contributed by atoms with Gasteiger partial charge in [-0.25, -0.2) is 18.4 Å². The number of nitrogens with zero attached hydrogens (tertiary/aromatic N) is 7. The quantitative estimate of drug-likeness (QED) is 0.542. The molecule has 3 aliphatic rings. The number of aromatic nitrogens is 5. The lowest BCUT2D eigenvalue weighted by atomic mass is 9.95. The van der Waals surface area contributed by atoms with Crippen LogP contribution in [0.5, 0.6) is 0 Å². The molecule has 3 aromatic rings. The highest BCUT2D eigenvalue weighted by Gasteiger charge is 2.40. The van der Waals surface area contributed by atoms with Crippen LogP contribution in [-0.2, 0) is 22.9 Å². The summed E-state index contributed by atoms with van der Waals surface area (Å²) in [4.78, 5) is 13.4. The minimum atomic E-state index is -2.92. The van der Waals surface area contributed by atoms with E-state index in [0.29, 0.717) is 18.1 Å². The van der Waals surface area contributed by atoms with Gasteiger partial charge in [-0.15, -0.1) is 10.2 Å². The van der Waals surface area contributed by atoms with Crippen LogP contribution in [-0.4, -0.2) is 68.7 Å². The van der Waals surface area contributed by atoms with Gasteiger partial charge in [-0.05, 0) is 49.6 Å². The van der Waals surface area contributed by atoms with E-state index in [1.54, 1.807) is 0 Å². The maximum absolute atomic E-state index is 11.8. The van der Waals surface area contributed by atoms with Crippen molar-refractivity contribution in [3.8, 4) is 5.69 Å². The molecule has 11 heteroatoms. The summed E-state index contributed by atoms with van der Waals surface area (Å²) < 4.78 is 25.9. The summed E-state index contributed by atoms with van der Waals surface area (Å²) in [5.74, 6) is 3.26. The Labute approximate surface area is 203 Å². The predicted molar refractivity (Wildman–Crippen MR) is 129 cm³/mol. The molecule has 0 N–H and O–H groups in total. The Morgan fingerprint density at radius 1 is 1.06 bits per heavy atom. The number of piperidine rings is 1. The highest BCUT2D eigenvalue weighted by atomic mass is 35.5. The molecule has 0 unspecified atom stereocenters. The largest absolute Gasteiger partial charge is 0.341 e. The van der Waals surface area contributed by atoms with Gasteiger partial charge in [0.25, 0.3) is 0 Å². The van der Waals surface area contributed by atoms with Crippen molar-refractivity contribution in [2.45, 2.75) is 44.8 Å². The standard InChI is InChI=1S/C23H26ClN7O2S/c1-15-4-7-25-23(26-15)29-8-5-16(6-9-29)22-28-27-21-12-30(19-13-34(32,33)14-19)11-17-10-18(24)2-3-20(17)31(21)22/h2-4,7,10,16,19H,5-6,8-9,11-14H2,1H3. The first-order valence-electron chi connectivity index (χ1n) is 11.6. The lowest BCUT2D eigenvalue weighted by molar-refractivity contribution is 0.193. The van der Waals surface area contributed by atoms with Gasteiger partial charge in [0, 0.05) is 48.5 Å². The highest BCUT2D eigenvalue weighted by molar-refractivity contribution is 7.92. The van der Waals surface area contributed by atoms with Crippen LogP contribution in [0.2, 0.25) is 5.02 Å². The molecule has 34 heavy (non-hydrogen) atoms. The summed E-state index contributed by atoms with van der Waals surface area (Å²) in [6.07, 6.45) is 3.68. The number of benzene rings is 1. The Kier molecular flexibility index (Phi) is 5.34. The third kappa shape index (κ3) is 3.97.